The molecular formula is C63H109N5O30. The summed E-state index contributed by atoms with van der Waals surface area (Å²) in [5, 5.41) is 158. The molecule has 6 aliphatic rings. The van der Waals surface area contributed by atoms with Crippen LogP contribution in [0.15, 0.2) is 12.2 Å². The van der Waals surface area contributed by atoms with Crippen LogP contribution in [0.5, 0.6) is 0 Å². The number of carbonyl (C=O) groups excluding carboxylic acids is 5. The number of aliphatic hydroxyl groups excluding tert-OH is 13. The summed E-state index contributed by atoms with van der Waals surface area (Å²) in [7, 11) is 1.21. The maximum Gasteiger partial charge on any atom is 0.220 e. The van der Waals surface area contributed by atoms with E-state index in [1.165, 1.54) is 39.7 Å². The van der Waals surface area contributed by atoms with Crippen molar-refractivity contribution in [2.75, 3.05) is 40.1 Å². The van der Waals surface area contributed by atoms with E-state index < -0.39 is 246 Å². The first-order valence-electron chi connectivity index (χ1n) is 34.0. The first kappa shape index (κ1) is 83.0. The van der Waals surface area contributed by atoms with Crippen molar-refractivity contribution >= 4 is 29.5 Å². The van der Waals surface area contributed by atoms with Crippen LogP contribution in [0.3, 0.4) is 0 Å². The summed E-state index contributed by atoms with van der Waals surface area (Å²) in [5.74, 6) is -3.71. The molecule has 12 unspecified atom stereocenters. The van der Waals surface area contributed by atoms with Crippen LogP contribution in [0, 0.1) is 0 Å². The molecule has 0 aromatic rings. The van der Waals surface area contributed by atoms with Crippen molar-refractivity contribution in [3.8, 4) is 0 Å². The van der Waals surface area contributed by atoms with Crippen LogP contribution in [0.2, 0.25) is 0 Å². The normalized spacial score (nSPS) is 40.0. The first-order chi connectivity index (χ1) is 46.7. The maximum absolute atomic E-state index is 13.4. The van der Waals surface area contributed by atoms with Gasteiger partial charge in [-0.25, -0.2) is 0 Å². The molecule has 0 aromatic heterocycles. The van der Waals surface area contributed by atoms with Gasteiger partial charge in [0.2, 0.25) is 29.5 Å². The Morgan fingerprint density at radius 1 is 0.388 bits per heavy atom. The smallest absolute Gasteiger partial charge is 0.220 e. The van der Waals surface area contributed by atoms with Gasteiger partial charge >= 0.3 is 0 Å². The molecule has 0 bridgehead atoms. The Labute approximate surface area is 569 Å². The minimum Gasteiger partial charge on any atom is -0.394 e. The van der Waals surface area contributed by atoms with Gasteiger partial charge in [-0.05, 0) is 39.0 Å². The number of aliphatic hydroxyl groups is 13. The highest BCUT2D eigenvalue weighted by atomic mass is 16.8. The second kappa shape index (κ2) is 40.8. The van der Waals surface area contributed by atoms with Crippen LogP contribution < -0.4 is 26.6 Å². The molecule has 6 saturated heterocycles. The van der Waals surface area contributed by atoms with E-state index in [0.29, 0.717) is 6.42 Å². The van der Waals surface area contributed by atoms with Gasteiger partial charge in [-0.15, -0.1) is 0 Å². The number of ether oxygens (including phenoxy) is 12. The predicted molar refractivity (Wildman–Crippen MR) is 334 cm³/mol. The Bertz CT molecular complexity index is 2450. The zero-order valence-electron chi connectivity index (χ0n) is 56.7. The third-order valence-electron chi connectivity index (χ3n) is 18.3. The van der Waals surface area contributed by atoms with Crippen LogP contribution in [0.25, 0.3) is 0 Å². The minimum atomic E-state index is -2.05. The summed E-state index contributed by atoms with van der Waals surface area (Å²) in [5.41, 5.74) is 0. The molecule has 0 spiro atoms. The first-order valence-corrected chi connectivity index (χ1v) is 34.0. The van der Waals surface area contributed by atoms with E-state index >= 15 is 0 Å². The van der Waals surface area contributed by atoms with Gasteiger partial charge in [0.05, 0.1) is 39.1 Å². The fraction of sp³-hybridized carbons (Fsp3) is 0.889. The standard InChI is InChI=1S/C63H109N5O30/c1-8-9-10-11-12-13-14-15-16-17-18-19-20-21-22-23-39(77)68-41-47(80)46(79)34(24-69)91-59(41)95-53-35(25-70)92-60(42(49(53)82)65-31(4)74)96-54-36(26-71)93-61(43(50(54)83)66-32(5)75)97-55-37(27-72)94-62(44(51(55)84)67-33(6)76)98-56-38(90-58(86)40(48(56)81)64-30(3)73)28-88-63-57(87-7)52(85)45(78)29(2)89-63/h13-14,29,34-38,40-63,69-72,78-86H,8-12,15-28H2,1-7H3,(H,64,73)(H,65,74)(H,66,75)(H,67,76)(H,68,77)/t29?,34?,35?,36?,37?,38?,40?,41?,42?,43?,44-,45+,46+,47+,48+,49+,50+,51?,52?,53+,54+,55+,56+,57+,58+,59-,60-,61-,62-,63+/m0/s1. The third-order valence-corrected chi connectivity index (χ3v) is 18.3. The van der Waals surface area contributed by atoms with Crippen LogP contribution >= 0.6 is 0 Å². The van der Waals surface area contributed by atoms with E-state index in [4.69, 9.17) is 56.8 Å². The lowest BCUT2D eigenvalue weighted by atomic mass is 9.93. The minimum absolute atomic E-state index is 0.0169. The van der Waals surface area contributed by atoms with Crippen LogP contribution in [0.4, 0.5) is 0 Å². The third kappa shape index (κ3) is 22.5. The molecule has 6 aliphatic heterocycles. The average Bonchev–Trinajstić information content (AvgIpc) is 0.773. The number of carbonyl (C=O) groups is 5. The zero-order chi connectivity index (χ0) is 72.1. The number of amides is 5. The van der Waals surface area contributed by atoms with Gasteiger partial charge in [0.25, 0.3) is 0 Å². The number of allylic oxidation sites excluding steroid dienone is 2. The largest absolute Gasteiger partial charge is 0.394 e. The summed E-state index contributed by atoms with van der Waals surface area (Å²) in [6.07, 6.45) is -24.7. The van der Waals surface area contributed by atoms with E-state index in [1.807, 2.05) is 0 Å². The van der Waals surface area contributed by atoms with E-state index in [9.17, 15) is 90.4 Å². The van der Waals surface area contributed by atoms with Crippen molar-refractivity contribution in [2.45, 2.75) is 315 Å². The summed E-state index contributed by atoms with van der Waals surface area (Å²) in [6.45, 7) is 3.37. The predicted octanol–water partition coefficient (Wildman–Crippen LogP) is -5.68. The van der Waals surface area contributed by atoms with Crippen molar-refractivity contribution < 1.29 is 147 Å². The van der Waals surface area contributed by atoms with E-state index in [0.717, 1.165) is 79.1 Å². The number of hydrogen-bond donors (Lipinski definition) is 18. The van der Waals surface area contributed by atoms with Crippen molar-refractivity contribution in [3.05, 3.63) is 12.2 Å². The fourth-order valence-electron chi connectivity index (χ4n) is 13.0. The summed E-state index contributed by atoms with van der Waals surface area (Å²) >= 11 is 0. The Balaban J connectivity index is 1.15. The van der Waals surface area contributed by atoms with Crippen molar-refractivity contribution in [3.63, 3.8) is 0 Å². The Morgan fingerprint density at radius 2 is 0.755 bits per heavy atom. The van der Waals surface area contributed by atoms with Gasteiger partial charge < -0.3 is 150 Å². The van der Waals surface area contributed by atoms with Gasteiger partial charge in [0.1, 0.15) is 140 Å². The van der Waals surface area contributed by atoms with Crippen LogP contribution in [0.1, 0.15) is 131 Å². The molecule has 6 fully saturated rings. The molecule has 35 nitrogen and oxygen atoms in total. The second-order valence-electron chi connectivity index (χ2n) is 25.9. The summed E-state index contributed by atoms with van der Waals surface area (Å²) in [6, 6.07) is -8.35. The summed E-state index contributed by atoms with van der Waals surface area (Å²) < 4.78 is 71.9. The molecule has 0 aliphatic carbocycles. The molecular weight excluding hydrogens is 1310 g/mol. The molecule has 0 aromatic carbocycles. The molecule has 18 N–H and O–H groups in total. The molecule has 30 atom stereocenters. The summed E-state index contributed by atoms with van der Waals surface area (Å²) in [4.78, 5) is 64.5. The highest BCUT2D eigenvalue weighted by Crippen LogP contribution is 2.37. The molecule has 0 radical (unpaired) electrons. The monoisotopic (exact) mass is 1420 g/mol. The lowest BCUT2D eigenvalue weighted by Crippen LogP contribution is -2.72. The topological polar surface area (TPSA) is 519 Å². The lowest BCUT2D eigenvalue weighted by Gasteiger charge is -2.51. The molecule has 6 rings (SSSR count). The Kier molecular flexibility index (Phi) is 34.6. The Morgan fingerprint density at radius 3 is 1.16 bits per heavy atom. The lowest BCUT2D eigenvalue weighted by molar-refractivity contribution is -0.368. The van der Waals surface area contributed by atoms with Gasteiger partial charge in [-0.3, -0.25) is 24.0 Å². The molecule has 6 heterocycles. The molecule has 566 valence electrons. The second-order valence-corrected chi connectivity index (χ2v) is 25.9. The van der Waals surface area contributed by atoms with E-state index in [1.54, 1.807) is 0 Å². The van der Waals surface area contributed by atoms with Gasteiger partial charge in [-0.1, -0.05) is 70.4 Å². The Hall–Kier alpha value is -3.91. The molecule has 98 heavy (non-hydrogen) atoms. The quantitative estimate of drug-likeness (QED) is 0.0205. The molecule has 0 saturated carbocycles. The van der Waals surface area contributed by atoms with Crippen molar-refractivity contribution in [2.24, 2.45) is 0 Å². The zero-order valence-corrected chi connectivity index (χ0v) is 56.7. The van der Waals surface area contributed by atoms with Gasteiger partial charge in [-0.2, -0.15) is 0 Å². The van der Waals surface area contributed by atoms with Crippen molar-refractivity contribution in [1.29, 1.82) is 0 Å². The number of nitrogens with one attached hydrogen (secondary N) is 5. The SMILES string of the molecule is CCCCCCC=CCCCCCCCCCC(=O)NC1[C@H](O[C@@H]2C(CO)O[C@@H](O[C@@H]3C(CO)O[C@@H](O[C@@H]4C(CO)O[C@@H](O[C@@H]5C(CO[C@@H]6OC(C)[C@@H](O)C(O)[C@H]6OC)O[C@@H](O)C(NC(C)=O)[C@H]5O)[C@@H](NC(C)=O)C4O)C(NC(C)=O)[C@H]3O)C(NC(C)=O)[C@H]2O)OC(CO)[C@@H](O)[C@@H]1O. The molecule has 5 amide bonds. The molecule has 35 heteroatoms. The van der Waals surface area contributed by atoms with Crippen molar-refractivity contribution in [1.82, 2.24) is 26.6 Å². The number of rotatable bonds is 36. The van der Waals surface area contributed by atoms with Gasteiger partial charge in [0, 0.05) is 41.2 Å². The number of unbranched alkanes of at least 4 members (excludes halogenated alkanes) is 11. The van der Waals surface area contributed by atoms with E-state index in [-0.39, 0.29) is 6.42 Å². The van der Waals surface area contributed by atoms with Gasteiger partial charge in [0.15, 0.2) is 37.7 Å². The number of methoxy groups -OCH3 is 1. The highest BCUT2D eigenvalue weighted by molar-refractivity contribution is 5.76. The van der Waals surface area contributed by atoms with E-state index in [2.05, 4.69) is 45.7 Å². The maximum atomic E-state index is 13.4. The fourth-order valence-corrected chi connectivity index (χ4v) is 13.0. The number of hydrogen-bond acceptors (Lipinski definition) is 30. The average molecular weight is 1420 g/mol. The highest BCUT2D eigenvalue weighted by Gasteiger charge is 2.58. The van der Waals surface area contributed by atoms with Crippen LogP contribution in [-0.2, 0) is 80.8 Å². The van der Waals surface area contributed by atoms with Crippen LogP contribution in [-0.4, -0.2) is 320 Å².